The Balaban J connectivity index is 1.59. The number of nitrogens with one attached hydrogen (secondary N) is 3. The van der Waals surface area contributed by atoms with Crippen molar-refractivity contribution >= 4 is 24.8 Å². The van der Waals surface area contributed by atoms with Gasteiger partial charge >= 0.3 is 7.12 Å². The largest absolute Gasteiger partial charge is 0.472 e. The highest BCUT2D eigenvalue weighted by atomic mass is 16.4. The van der Waals surface area contributed by atoms with Gasteiger partial charge in [0.15, 0.2) is 0 Å². The zero-order valence-electron chi connectivity index (χ0n) is 23.0. The molecule has 0 saturated heterocycles. The molecule has 3 rings (SSSR count). The Hall–Kier alpha value is -4.21. The molecule has 0 spiro atoms. The van der Waals surface area contributed by atoms with Crippen LogP contribution in [0.15, 0.2) is 55.0 Å². The molecule has 0 aliphatic heterocycles. The van der Waals surface area contributed by atoms with Crippen molar-refractivity contribution in [3.8, 4) is 0 Å². The van der Waals surface area contributed by atoms with E-state index in [9.17, 15) is 14.4 Å². The fraction of sp³-hybridized carbons (Fsp3) is 0.423. The highest BCUT2D eigenvalue weighted by Crippen LogP contribution is 2.11. The summed E-state index contributed by atoms with van der Waals surface area (Å²) in [5.41, 5.74) is 2.43. The van der Waals surface area contributed by atoms with Crippen molar-refractivity contribution in [2.24, 2.45) is 0 Å². The molecule has 3 aromatic heterocycles. The SMILES string of the molecule is CC(=O)NCCCC[C@H](NC(=O)Cn1cc(CN(Cc2ccccn2)Cc2ccccn2)nn1)C(=O)NCB(O)O. The lowest BCUT2D eigenvalue weighted by Gasteiger charge is -2.20. The minimum absolute atomic E-state index is 0.145. The number of hydrogen-bond donors (Lipinski definition) is 5. The maximum Gasteiger partial charge on any atom is 0.472 e. The lowest BCUT2D eigenvalue weighted by Crippen LogP contribution is -2.49. The zero-order chi connectivity index (χ0) is 29.5. The molecule has 5 N–H and O–H groups in total. The third-order valence-corrected chi connectivity index (χ3v) is 5.90. The van der Waals surface area contributed by atoms with Crippen LogP contribution in [0.25, 0.3) is 0 Å². The lowest BCUT2D eigenvalue weighted by molar-refractivity contribution is -0.129. The maximum absolute atomic E-state index is 12.8. The van der Waals surface area contributed by atoms with Crippen LogP contribution in [0.3, 0.4) is 0 Å². The summed E-state index contributed by atoms with van der Waals surface area (Å²) in [6, 6.07) is 10.6. The van der Waals surface area contributed by atoms with Crippen molar-refractivity contribution in [1.29, 1.82) is 0 Å². The van der Waals surface area contributed by atoms with E-state index in [-0.39, 0.29) is 18.9 Å². The molecule has 0 fully saturated rings. The van der Waals surface area contributed by atoms with Crippen molar-refractivity contribution in [3.05, 3.63) is 72.1 Å². The van der Waals surface area contributed by atoms with Crippen molar-refractivity contribution in [2.75, 3.05) is 13.0 Å². The van der Waals surface area contributed by atoms with Crippen LogP contribution in [0.2, 0.25) is 0 Å². The van der Waals surface area contributed by atoms with E-state index < -0.39 is 25.0 Å². The topological polar surface area (TPSA) is 187 Å². The second kappa shape index (κ2) is 16.8. The van der Waals surface area contributed by atoms with Crippen LogP contribution in [0.5, 0.6) is 0 Å². The summed E-state index contributed by atoms with van der Waals surface area (Å²) in [4.78, 5) is 47.4. The third-order valence-electron chi connectivity index (χ3n) is 5.90. The molecule has 14 nitrogen and oxygen atoms in total. The summed E-state index contributed by atoms with van der Waals surface area (Å²) in [5, 5.41) is 34.2. The fourth-order valence-corrected chi connectivity index (χ4v) is 4.04. The summed E-state index contributed by atoms with van der Waals surface area (Å²) in [7, 11) is -1.71. The molecule has 3 amide bonds. The quantitative estimate of drug-likeness (QED) is 0.102. The minimum Gasteiger partial charge on any atom is -0.426 e. The van der Waals surface area contributed by atoms with E-state index in [0.29, 0.717) is 51.1 Å². The molecule has 0 aromatic carbocycles. The van der Waals surface area contributed by atoms with Gasteiger partial charge in [-0.15, -0.1) is 5.10 Å². The number of nitrogens with zero attached hydrogens (tertiary/aromatic N) is 6. The molecule has 41 heavy (non-hydrogen) atoms. The van der Waals surface area contributed by atoms with E-state index in [4.69, 9.17) is 10.0 Å². The minimum atomic E-state index is -1.71. The van der Waals surface area contributed by atoms with Crippen molar-refractivity contribution in [2.45, 2.75) is 58.4 Å². The Bertz CT molecular complexity index is 1190. The van der Waals surface area contributed by atoms with E-state index in [0.717, 1.165) is 11.4 Å². The third kappa shape index (κ3) is 12.2. The predicted molar refractivity (Wildman–Crippen MR) is 149 cm³/mol. The van der Waals surface area contributed by atoms with Gasteiger partial charge in [-0.2, -0.15) is 0 Å². The number of rotatable bonds is 17. The van der Waals surface area contributed by atoms with Crippen molar-refractivity contribution in [3.63, 3.8) is 0 Å². The van der Waals surface area contributed by atoms with Crippen LogP contribution in [0.4, 0.5) is 0 Å². The van der Waals surface area contributed by atoms with E-state index in [1.54, 1.807) is 18.6 Å². The molecule has 0 aliphatic rings. The van der Waals surface area contributed by atoms with Crippen LogP contribution >= 0.6 is 0 Å². The predicted octanol–water partition coefficient (Wildman–Crippen LogP) is -0.810. The molecular formula is C26H36BN9O5. The summed E-state index contributed by atoms with van der Waals surface area (Å²) >= 11 is 0. The smallest absolute Gasteiger partial charge is 0.426 e. The highest BCUT2D eigenvalue weighted by molar-refractivity contribution is 6.41. The molecule has 0 unspecified atom stereocenters. The monoisotopic (exact) mass is 565 g/mol. The van der Waals surface area contributed by atoms with E-state index in [2.05, 4.69) is 41.1 Å². The number of carbonyl (C=O) groups excluding carboxylic acids is 3. The van der Waals surface area contributed by atoms with Crippen LogP contribution in [-0.2, 0) is 40.6 Å². The summed E-state index contributed by atoms with van der Waals surface area (Å²) < 4.78 is 1.40. The zero-order valence-corrected chi connectivity index (χ0v) is 23.0. The first-order valence-electron chi connectivity index (χ1n) is 13.4. The molecule has 0 aliphatic carbocycles. The van der Waals surface area contributed by atoms with Gasteiger partial charge in [0.1, 0.15) is 12.6 Å². The maximum atomic E-state index is 12.8. The van der Waals surface area contributed by atoms with Gasteiger partial charge < -0.3 is 26.0 Å². The van der Waals surface area contributed by atoms with Crippen molar-refractivity contribution < 1.29 is 24.4 Å². The van der Waals surface area contributed by atoms with E-state index in [1.165, 1.54) is 11.6 Å². The summed E-state index contributed by atoms with van der Waals surface area (Å²) in [6.07, 6.45) is 6.26. The van der Waals surface area contributed by atoms with E-state index >= 15 is 0 Å². The fourth-order valence-electron chi connectivity index (χ4n) is 4.04. The van der Waals surface area contributed by atoms with Gasteiger partial charge in [-0.05, 0) is 43.5 Å². The number of aromatic nitrogens is 5. The molecule has 0 saturated carbocycles. The second-order valence-electron chi connectivity index (χ2n) is 9.52. The number of carbonyl (C=O) groups is 3. The van der Waals surface area contributed by atoms with Gasteiger partial charge in [0.2, 0.25) is 17.7 Å². The van der Waals surface area contributed by atoms with Gasteiger partial charge in [0, 0.05) is 45.5 Å². The number of pyridine rings is 2. The molecule has 3 heterocycles. The molecule has 3 aromatic rings. The molecular weight excluding hydrogens is 529 g/mol. The van der Waals surface area contributed by atoms with Crippen molar-refractivity contribution in [1.82, 2.24) is 45.8 Å². The van der Waals surface area contributed by atoms with Crippen LogP contribution in [0.1, 0.15) is 43.3 Å². The van der Waals surface area contributed by atoms with Gasteiger partial charge in [-0.1, -0.05) is 17.3 Å². The van der Waals surface area contributed by atoms with Gasteiger partial charge in [0.25, 0.3) is 0 Å². The standard InChI is InChI=1S/C26H36BN9O5/c1-20(37)28-11-7-4-10-24(26(39)31-19-27(40)41)32-25(38)18-36-17-23(33-34-36)16-35(14-21-8-2-5-12-29-21)15-22-9-3-6-13-30-22/h2-3,5-6,8-9,12-13,17,24,40-41H,4,7,10-11,14-16,18-19H2,1H3,(H,28,37)(H,31,39)(H,32,38)/t24-/m0/s1. The Labute approximate surface area is 238 Å². The number of amides is 3. The van der Waals surface area contributed by atoms with Crippen LogP contribution in [-0.4, -0.2) is 83.8 Å². The first kappa shape index (κ1) is 31.3. The molecule has 0 bridgehead atoms. The Morgan fingerprint density at radius 1 is 0.951 bits per heavy atom. The van der Waals surface area contributed by atoms with Gasteiger partial charge in [-0.25, -0.2) is 4.68 Å². The first-order valence-corrected chi connectivity index (χ1v) is 13.4. The molecule has 0 radical (unpaired) electrons. The highest BCUT2D eigenvalue weighted by Gasteiger charge is 2.22. The Kier molecular flexibility index (Phi) is 12.8. The normalized spacial score (nSPS) is 11.6. The average molecular weight is 565 g/mol. The van der Waals surface area contributed by atoms with Gasteiger partial charge in [-0.3, -0.25) is 29.3 Å². The average Bonchev–Trinajstić information content (AvgIpc) is 3.38. The van der Waals surface area contributed by atoms with Crippen LogP contribution < -0.4 is 16.0 Å². The number of hydrogen-bond acceptors (Lipinski definition) is 10. The lowest BCUT2D eigenvalue weighted by atomic mass is 9.92. The first-order chi connectivity index (χ1) is 19.8. The molecule has 218 valence electrons. The summed E-state index contributed by atoms with van der Waals surface area (Å²) in [5.74, 6) is -1.13. The van der Waals surface area contributed by atoms with Crippen LogP contribution in [0, 0.1) is 0 Å². The second-order valence-corrected chi connectivity index (χ2v) is 9.52. The Morgan fingerprint density at radius 2 is 1.61 bits per heavy atom. The Morgan fingerprint density at radius 3 is 2.20 bits per heavy atom. The van der Waals surface area contributed by atoms with E-state index in [1.807, 2.05) is 36.4 Å². The molecule has 1 atom stereocenters. The summed E-state index contributed by atoms with van der Waals surface area (Å²) in [6.45, 7) is 3.28. The molecule has 15 heteroatoms. The number of unbranched alkanes of at least 4 members (excludes halogenated alkanes) is 1. The van der Waals surface area contributed by atoms with Gasteiger partial charge in [0.05, 0.1) is 29.7 Å².